The maximum absolute atomic E-state index is 8.45. The van der Waals surface area contributed by atoms with Crippen LogP contribution < -0.4 is 148 Å². The summed E-state index contributed by atoms with van der Waals surface area (Å²) in [4.78, 5) is 0. The van der Waals surface area contributed by atoms with E-state index in [-0.39, 0.29) is 99.0 Å². The molecule has 1 aliphatic rings. The number of benzene rings is 8. The molecular weight excluding hydrogens is 1330 g/mol. The lowest BCUT2D eigenvalue weighted by Gasteiger charge is -2.23. The van der Waals surface area contributed by atoms with Crippen LogP contribution >= 0.6 is 0 Å². The third-order valence-electron chi connectivity index (χ3n) is 17.0. The lowest BCUT2D eigenvalue weighted by atomic mass is 9.90. The fourth-order valence-corrected chi connectivity index (χ4v) is 13.8. The first kappa shape index (κ1) is 75.2. The number of guanidine groups is 8. The molecule has 32 heteroatoms. The van der Waals surface area contributed by atoms with E-state index in [9.17, 15) is 0 Å². The van der Waals surface area contributed by atoms with Crippen LogP contribution in [0.4, 0.5) is 45.5 Å². The van der Waals surface area contributed by atoms with E-state index in [1.165, 1.54) is 0 Å². The lowest BCUT2D eigenvalue weighted by molar-refractivity contribution is -0.302. The number of ether oxygens (including phenoxy) is 8. The number of anilines is 8. The summed E-state index contributed by atoms with van der Waals surface area (Å²) in [5, 5.41) is 84.1. The predicted molar refractivity (Wildman–Crippen MR) is 402 cm³/mol. The molecule has 0 heterocycles. The Morgan fingerprint density at radius 2 is 0.337 bits per heavy atom. The minimum atomic E-state index is -0.327. The summed E-state index contributed by atoms with van der Waals surface area (Å²) >= 11 is 0. The first-order valence-electron chi connectivity index (χ1n) is 32.5. The van der Waals surface area contributed by atoms with Crippen LogP contribution in [-0.2, 0) is 51.4 Å². The average Bonchev–Trinajstić information content (AvgIpc) is 0.786. The van der Waals surface area contributed by atoms with Gasteiger partial charge in [-0.25, -0.2) is 21.6 Å². The Balaban J connectivity index is 1.38. The molecular formula is C72H96N24O8+8. The van der Waals surface area contributed by atoms with Crippen molar-refractivity contribution < 1.29 is 82.5 Å². The second kappa shape index (κ2) is 33.0. The van der Waals surface area contributed by atoms with Crippen molar-refractivity contribution in [2.75, 3.05) is 99.4 Å². The van der Waals surface area contributed by atoms with E-state index in [1.807, 2.05) is 97.1 Å². The van der Waals surface area contributed by atoms with Crippen LogP contribution in [-0.4, -0.2) is 105 Å². The molecule has 0 atom stereocenters. The number of nitrogens with two attached hydrogens (primary N) is 8. The van der Waals surface area contributed by atoms with E-state index in [0.29, 0.717) is 169 Å². The summed E-state index contributed by atoms with van der Waals surface area (Å²) in [6.07, 6.45) is 1.39. The largest absolute Gasteiger partial charge is 0.496 e. The smallest absolute Gasteiger partial charge is 0.439 e. The Hall–Kier alpha value is -13.0. The molecule has 104 heavy (non-hydrogen) atoms. The maximum atomic E-state index is 8.45. The third kappa shape index (κ3) is 18.1. The van der Waals surface area contributed by atoms with Gasteiger partial charge in [0.2, 0.25) is 0 Å². The molecule has 9 rings (SSSR count). The van der Waals surface area contributed by atoms with Crippen molar-refractivity contribution in [2.24, 2.45) is 22.9 Å². The Labute approximate surface area is 600 Å². The number of fused-ring (bicyclic) bond motifs is 16. The molecule has 32 nitrogen and oxygen atoms in total. The average molecular weight is 1430 g/mol. The molecule has 0 fully saturated rings. The third-order valence-corrected chi connectivity index (χ3v) is 17.0. The number of methoxy groups -OCH3 is 8. The number of hydrogen-bond donors (Lipinski definition) is 24. The molecule has 0 saturated heterocycles. The summed E-state index contributed by atoms with van der Waals surface area (Å²) in [6, 6.07) is 30.1. The second-order valence-corrected chi connectivity index (χ2v) is 24.8. The van der Waals surface area contributed by atoms with E-state index in [0.717, 1.165) is 11.1 Å². The van der Waals surface area contributed by atoms with Gasteiger partial charge in [-0.1, -0.05) is 0 Å². The van der Waals surface area contributed by atoms with E-state index < -0.39 is 0 Å². The van der Waals surface area contributed by atoms with Gasteiger partial charge in [0, 0.05) is 163 Å². The zero-order valence-electron chi connectivity index (χ0n) is 59.6. The first-order valence-corrected chi connectivity index (χ1v) is 32.5. The van der Waals surface area contributed by atoms with Crippen molar-refractivity contribution in [3.63, 3.8) is 0 Å². The number of hydrogen-bond acceptors (Lipinski definition) is 12. The van der Waals surface area contributed by atoms with Crippen LogP contribution in [0.15, 0.2) is 97.1 Å². The van der Waals surface area contributed by atoms with E-state index >= 15 is 0 Å². The number of nitrogens with one attached hydrogen (secondary N) is 12. The minimum absolute atomic E-state index is 0.131. The molecule has 544 valence electrons. The Morgan fingerprint density at radius 3 is 0.413 bits per heavy atom. The topological polar surface area (TPSA) is 582 Å². The van der Waals surface area contributed by atoms with Crippen LogP contribution in [0.3, 0.4) is 0 Å². The predicted octanol–water partition coefficient (Wildman–Crippen LogP) is -2.91. The number of rotatable bonds is 16. The molecule has 0 radical (unpaired) electrons. The van der Waals surface area contributed by atoms with Crippen molar-refractivity contribution in [3.05, 3.63) is 186 Å². The van der Waals surface area contributed by atoms with Gasteiger partial charge in [0.25, 0.3) is 0 Å². The fraction of sp³-hybridized carbons (Fsp3) is 0.222. The Morgan fingerprint density at radius 1 is 0.240 bits per heavy atom. The summed E-state index contributed by atoms with van der Waals surface area (Å²) in [7, 11) is 12.7. The standard InChI is InChI=1S/C72H88N24O8/c1-97-57-33-9-35-19-50(90-66(75)76)21-37(58(35)98-2)11-39-23-52(92-68(79)80)25-41(60(39)100-4)13-43-27-54(94-70(83)84)29-45(62(43)102-6)15-47-31-56(96-72(87)88)32-48(64(47)104-8)16-46-30-55(95-71(85)86)28-44(63(46)103-7)14-42-26-53(93-69(81)82)24-40(61(42)101-5)12-38-22-51(91-67(77)78)20-36(59(38)99-3)10-34(57)18-49(17-33)89-65(73)74/h17-32H,9-16H2,1-8H3,(H4,73,74,89)(H4,75,76,90)(H4,77,78,91)(H4,79,80,92)(H4,81,82,93)(H4,83,84,94)(H4,85,86,95)(H4,87,88,96)/p+8. The van der Waals surface area contributed by atoms with Gasteiger partial charge >= 0.3 is 23.8 Å². The summed E-state index contributed by atoms with van der Waals surface area (Å²) in [6.45, 7) is 0. The molecule has 8 aromatic rings. The van der Waals surface area contributed by atoms with Gasteiger partial charge in [0.1, 0.15) is 68.7 Å². The van der Waals surface area contributed by atoms with E-state index in [2.05, 4.69) is 65.5 Å². The van der Waals surface area contributed by atoms with E-state index in [1.54, 1.807) is 56.9 Å². The Bertz CT molecular complexity index is 3680. The van der Waals surface area contributed by atoms with Crippen molar-refractivity contribution >= 4 is 93.2 Å². The van der Waals surface area contributed by atoms with Crippen molar-refractivity contribution in [3.8, 4) is 46.0 Å². The zero-order valence-corrected chi connectivity index (χ0v) is 59.6. The summed E-state index contributed by atoms with van der Waals surface area (Å²) in [5.41, 5.74) is 55.4. The summed E-state index contributed by atoms with van der Waals surface area (Å²) < 4.78 is 51.6. The molecule has 16 bridgehead atoms. The molecule has 40 N–H and O–H groups in total. The van der Waals surface area contributed by atoms with Gasteiger partial charge in [-0.05, 0) is 97.1 Å². The van der Waals surface area contributed by atoms with E-state index in [4.69, 9.17) is 104 Å². The van der Waals surface area contributed by atoms with Crippen LogP contribution in [0.25, 0.3) is 0 Å². The molecule has 8 aromatic carbocycles. The highest BCUT2D eigenvalue weighted by Gasteiger charge is 2.29. The monoisotopic (exact) mass is 1420 g/mol. The normalized spacial score (nSPS) is 11.8. The highest BCUT2D eigenvalue weighted by atomic mass is 16.5. The van der Waals surface area contributed by atoms with Gasteiger partial charge in [-0.2, -0.15) is 21.3 Å². The highest BCUT2D eigenvalue weighted by Crippen LogP contribution is 2.45. The molecule has 0 saturated carbocycles. The van der Waals surface area contributed by atoms with Crippen molar-refractivity contribution in [2.45, 2.75) is 51.4 Å². The van der Waals surface area contributed by atoms with Crippen LogP contribution in [0.2, 0.25) is 0 Å². The molecule has 1 aliphatic carbocycles. The second-order valence-electron chi connectivity index (χ2n) is 24.8. The van der Waals surface area contributed by atoms with Gasteiger partial charge < -0.3 is 82.1 Å². The molecule has 0 unspecified atom stereocenters. The number of quaternary nitrogens is 4. The Kier molecular flexibility index (Phi) is 23.8. The quantitative estimate of drug-likeness (QED) is 0.0341. The van der Waals surface area contributed by atoms with Gasteiger partial charge in [-0.15, -0.1) is 0 Å². The summed E-state index contributed by atoms with van der Waals surface area (Å²) in [5.74, 6) is 3.41. The highest BCUT2D eigenvalue weighted by molar-refractivity contribution is 5.93. The minimum Gasteiger partial charge on any atom is -0.496 e. The lowest BCUT2D eigenvalue weighted by Crippen LogP contribution is -2.73. The van der Waals surface area contributed by atoms with Crippen LogP contribution in [0, 0.1) is 21.6 Å². The van der Waals surface area contributed by atoms with Crippen LogP contribution in [0.5, 0.6) is 46.0 Å². The maximum Gasteiger partial charge on any atom is 0.439 e. The SMILES string of the molecule is COc1c2cc(NC(=N)N)cc1Cc1cc(NC(=N)N)cc(c1OC)Cc1cc(NC(=[NH2+])[NH3+])cc(c1OC)Cc1cc(NC(=[NH2+])[NH3+])cc(c1OC)Cc1cc(NC(=[NH2+])[NH3+])cc(c1OC)Cc1cc(NC(=[NH2+])[NH3+])cc(c1OC)Cc1cc(NC(=N)N)cc(c1OC)Cc1cc(NC(=N)N)cc(c1OC)C2. The molecule has 0 amide bonds. The van der Waals surface area contributed by atoms with Crippen molar-refractivity contribution in [1.29, 1.82) is 21.6 Å². The van der Waals surface area contributed by atoms with Crippen LogP contribution in [0.1, 0.15) is 89.0 Å². The van der Waals surface area contributed by atoms with Gasteiger partial charge in [0.15, 0.2) is 23.8 Å². The molecule has 0 spiro atoms. The van der Waals surface area contributed by atoms with Gasteiger partial charge in [-0.3, -0.25) is 44.6 Å². The molecule has 0 aliphatic heterocycles. The zero-order chi connectivity index (χ0) is 75.4. The van der Waals surface area contributed by atoms with Gasteiger partial charge in [0.05, 0.1) is 56.9 Å². The fourth-order valence-electron chi connectivity index (χ4n) is 13.8. The first-order chi connectivity index (χ1) is 49.6. The van der Waals surface area contributed by atoms with Crippen molar-refractivity contribution in [1.82, 2.24) is 0 Å². The molecule has 0 aromatic heterocycles.